The summed E-state index contributed by atoms with van der Waals surface area (Å²) in [6.45, 7) is 3.58. The maximum Gasteiger partial charge on any atom is 0.356 e. The van der Waals surface area contributed by atoms with Crippen LogP contribution in [0.15, 0.2) is 4.79 Å². The molecule has 0 aliphatic rings. The smallest absolute Gasteiger partial charge is 0.293 e. The molecule has 0 saturated heterocycles. The fraction of sp³-hybridized carbons (Fsp3) is 0.571. The predicted molar refractivity (Wildman–Crippen MR) is 46.8 cm³/mol. The van der Waals surface area contributed by atoms with E-state index in [9.17, 15) is 14.9 Å². The molecule has 0 aliphatic carbocycles. The summed E-state index contributed by atoms with van der Waals surface area (Å²) in [7, 11) is 1.46. The summed E-state index contributed by atoms with van der Waals surface area (Å²) in [5.41, 5.74) is -0.566. The molecule has 1 heterocycles. The maximum absolute atomic E-state index is 11.2. The molecule has 1 rings (SSSR count). The van der Waals surface area contributed by atoms with Gasteiger partial charge in [0.2, 0.25) is 0 Å². The Kier molecular flexibility index (Phi) is 2.22. The van der Waals surface area contributed by atoms with Gasteiger partial charge in [-0.3, -0.25) is 20.0 Å². The van der Waals surface area contributed by atoms with E-state index in [4.69, 9.17) is 0 Å². The first-order valence-corrected chi connectivity index (χ1v) is 3.88. The maximum atomic E-state index is 11.2. The lowest BCUT2D eigenvalue weighted by molar-refractivity contribution is -0.386. The summed E-state index contributed by atoms with van der Waals surface area (Å²) in [5.74, 6) is -0.0608. The molecule has 13 heavy (non-hydrogen) atoms. The number of aromatic nitrogens is 2. The van der Waals surface area contributed by atoms with Crippen LogP contribution in [0.2, 0.25) is 0 Å². The molecule has 0 aromatic carbocycles. The highest BCUT2D eigenvalue weighted by molar-refractivity contribution is 5.34. The molecule has 72 valence electrons. The third-order valence-corrected chi connectivity index (χ3v) is 1.81. The fourth-order valence-electron chi connectivity index (χ4n) is 1.14. The van der Waals surface area contributed by atoms with Gasteiger partial charge in [0.1, 0.15) is 5.69 Å². The third kappa shape index (κ3) is 1.47. The van der Waals surface area contributed by atoms with Gasteiger partial charge in [-0.15, -0.1) is 0 Å². The molecule has 6 nitrogen and oxygen atoms in total. The summed E-state index contributed by atoms with van der Waals surface area (Å²) in [4.78, 5) is 21.1. The molecule has 6 heteroatoms. The number of hydrogen-bond acceptors (Lipinski definition) is 3. The van der Waals surface area contributed by atoms with Gasteiger partial charge >= 0.3 is 11.2 Å². The molecule has 1 N–H and O–H groups in total. The Labute approximate surface area is 74.3 Å². The summed E-state index contributed by atoms with van der Waals surface area (Å²) >= 11 is 0. The SMILES string of the molecule is CC(C)c1[nH]n(C)c(=O)c1[N+](=O)[O-]. The van der Waals surface area contributed by atoms with Crippen molar-refractivity contribution in [3.8, 4) is 0 Å². The number of hydrogen-bond donors (Lipinski definition) is 1. The van der Waals surface area contributed by atoms with Crippen LogP contribution in [0.5, 0.6) is 0 Å². The van der Waals surface area contributed by atoms with E-state index in [1.165, 1.54) is 7.05 Å². The Morgan fingerprint density at radius 2 is 2.08 bits per heavy atom. The number of aromatic amines is 1. The first kappa shape index (κ1) is 9.50. The van der Waals surface area contributed by atoms with Crippen molar-refractivity contribution in [2.75, 3.05) is 0 Å². The van der Waals surface area contributed by atoms with E-state index >= 15 is 0 Å². The minimum absolute atomic E-state index is 0.0608. The second-order valence-corrected chi connectivity index (χ2v) is 3.15. The van der Waals surface area contributed by atoms with Crippen molar-refractivity contribution < 1.29 is 4.92 Å². The van der Waals surface area contributed by atoms with Gasteiger partial charge in [0, 0.05) is 13.0 Å². The number of H-pyrrole nitrogens is 1. The number of nitrogens with one attached hydrogen (secondary N) is 1. The summed E-state index contributed by atoms with van der Waals surface area (Å²) in [6.07, 6.45) is 0. The Morgan fingerprint density at radius 3 is 2.38 bits per heavy atom. The molecule has 0 radical (unpaired) electrons. The third-order valence-electron chi connectivity index (χ3n) is 1.81. The van der Waals surface area contributed by atoms with Gasteiger partial charge in [0.15, 0.2) is 0 Å². The monoisotopic (exact) mass is 185 g/mol. The van der Waals surface area contributed by atoms with Crippen LogP contribution in [0.3, 0.4) is 0 Å². The first-order valence-electron chi connectivity index (χ1n) is 3.88. The van der Waals surface area contributed by atoms with E-state index in [1.807, 2.05) is 0 Å². The zero-order chi connectivity index (χ0) is 10.2. The molecule has 0 amide bonds. The van der Waals surface area contributed by atoms with Crippen LogP contribution in [-0.4, -0.2) is 14.7 Å². The van der Waals surface area contributed by atoms with E-state index in [1.54, 1.807) is 13.8 Å². The highest BCUT2D eigenvalue weighted by Gasteiger charge is 2.25. The molecule has 1 aromatic heterocycles. The Hall–Kier alpha value is -1.59. The zero-order valence-corrected chi connectivity index (χ0v) is 7.70. The van der Waals surface area contributed by atoms with Gasteiger partial charge in [-0.05, 0) is 0 Å². The van der Waals surface area contributed by atoms with Gasteiger partial charge in [0.05, 0.1) is 4.92 Å². The van der Waals surface area contributed by atoms with Crippen LogP contribution in [0, 0.1) is 10.1 Å². The van der Waals surface area contributed by atoms with Gasteiger partial charge in [-0.25, -0.2) is 4.68 Å². The molecular weight excluding hydrogens is 174 g/mol. The minimum Gasteiger partial charge on any atom is -0.293 e. The summed E-state index contributed by atoms with van der Waals surface area (Å²) in [6, 6.07) is 0. The van der Waals surface area contributed by atoms with Crippen molar-refractivity contribution in [1.82, 2.24) is 9.78 Å². The van der Waals surface area contributed by atoms with E-state index in [-0.39, 0.29) is 11.6 Å². The molecule has 0 saturated carbocycles. The first-order chi connectivity index (χ1) is 5.95. The van der Waals surface area contributed by atoms with Crippen LogP contribution in [-0.2, 0) is 7.05 Å². The van der Waals surface area contributed by atoms with Gasteiger partial charge in [-0.1, -0.05) is 13.8 Å². The van der Waals surface area contributed by atoms with Crippen LogP contribution >= 0.6 is 0 Å². The molecule has 0 fully saturated rings. The Morgan fingerprint density at radius 1 is 1.54 bits per heavy atom. The average Bonchev–Trinajstić information content (AvgIpc) is 2.28. The van der Waals surface area contributed by atoms with Crippen LogP contribution in [0.25, 0.3) is 0 Å². The van der Waals surface area contributed by atoms with Gasteiger partial charge in [-0.2, -0.15) is 0 Å². The second kappa shape index (κ2) is 3.04. The van der Waals surface area contributed by atoms with Crippen molar-refractivity contribution in [1.29, 1.82) is 0 Å². The number of aryl methyl sites for hydroxylation is 1. The van der Waals surface area contributed by atoms with Gasteiger partial charge in [0.25, 0.3) is 0 Å². The number of nitrogens with zero attached hydrogens (tertiary/aromatic N) is 2. The Bertz CT molecular complexity index is 388. The van der Waals surface area contributed by atoms with Crippen molar-refractivity contribution in [2.24, 2.45) is 7.05 Å². The molecule has 0 unspecified atom stereocenters. The quantitative estimate of drug-likeness (QED) is 0.545. The van der Waals surface area contributed by atoms with Crippen molar-refractivity contribution >= 4 is 5.69 Å². The molecule has 0 aliphatic heterocycles. The van der Waals surface area contributed by atoms with Crippen molar-refractivity contribution in [3.63, 3.8) is 0 Å². The highest BCUT2D eigenvalue weighted by Crippen LogP contribution is 2.19. The van der Waals surface area contributed by atoms with E-state index in [0.717, 1.165) is 4.68 Å². The van der Waals surface area contributed by atoms with Crippen LogP contribution in [0.4, 0.5) is 5.69 Å². The van der Waals surface area contributed by atoms with Crippen LogP contribution < -0.4 is 5.56 Å². The standard InChI is InChI=1S/C7H11N3O3/c1-4(2)5-6(10(12)13)7(11)9(3)8-5/h4,8H,1-3H3. The molecular formula is C7H11N3O3. The Balaban J connectivity index is 3.45. The lowest BCUT2D eigenvalue weighted by Gasteiger charge is -1.98. The average molecular weight is 185 g/mol. The predicted octanol–water partition coefficient (Wildman–Crippen LogP) is 0.745. The number of rotatable bonds is 2. The molecule has 0 atom stereocenters. The molecule has 1 aromatic rings. The van der Waals surface area contributed by atoms with E-state index in [2.05, 4.69) is 5.10 Å². The largest absolute Gasteiger partial charge is 0.356 e. The molecule has 0 bridgehead atoms. The zero-order valence-electron chi connectivity index (χ0n) is 7.70. The van der Waals surface area contributed by atoms with E-state index in [0.29, 0.717) is 5.69 Å². The summed E-state index contributed by atoms with van der Waals surface area (Å²) < 4.78 is 1.12. The second-order valence-electron chi connectivity index (χ2n) is 3.15. The topological polar surface area (TPSA) is 80.9 Å². The van der Waals surface area contributed by atoms with Gasteiger partial charge < -0.3 is 0 Å². The minimum atomic E-state index is -0.645. The van der Waals surface area contributed by atoms with Crippen molar-refractivity contribution in [2.45, 2.75) is 19.8 Å². The normalized spacial score (nSPS) is 10.8. The van der Waals surface area contributed by atoms with Crippen LogP contribution in [0.1, 0.15) is 25.5 Å². The van der Waals surface area contributed by atoms with Crippen molar-refractivity contribution in [3.05, 3.63) is 26.2 Å². The number of nitro groups is 1. The summed E-state index contributed by atoms with van der Waals surface area (Å²) in [5, 5.41) is 13.2. The molecule has 0 spiro atoms. The van der Waals surface area contributed by atoms with E-state index < -0.39 is 10.5 Å². The lowest BCUT2D eigenvalue weighted by atomic mass is 10.1. The highest BCUT2D eigenvalue weighted by atomic mass is 16.6. The lowest BCUT2D eigenvalue weighted by Crippen LogP contribution is -2.14. The fourth-order valence-corrected chi connectivity index (χ4v) is 1.14.